The number of fused-ring (bicyclic) bond motifs is 1. The number of anilines is 1. The zero-order chi connectivity index (χ0) is 24.7. The Bertz CT molecular complexity index is 1330. The van der Waals surface area contributed by atoms with Gasteiger partial charge in [-0.25, -0.2) is 4.68 Å². The summed E-state index contributed by atoms with van der Waals surface area (Å²) in [4.78, 5) is 30.7. The number of hydrogen-bond donors (Lipinski definition) is 1. The molecule has 1 N–H and O–H groups in total. The third-order valence-corrected chi connectivity index (χ3v) is 7.61. The Kier molecular flexibility index (Phi) is 6.31. The zero-order valence-electron chi connectivity index (χ0n) is 19.7. The molecular weight excluding hydrogens is 528 g/mol. The highest BCUT2D eigenvalue weighted by atomic mass is 79.9. The van der Waals surface area contributed by atoms with Crippen molar-refractivity contribution >= 4 is 45.2 Å². The lowest BCUT2D eigenvalue weighted by atomic mass is 9.73. The van der Waals surface area contributed by atoms with Gasteiger partial charge in [0.05, 0.1) is 12.9 Å². The number of allylic oxidation sites excluding steroid dienone is 2. The van der Waals surface area contributed by atoms with Crippen LogP contribution >= 0.6 is 27.7 Å². The zero-order valence-corrected chi connectivity index (χ0v) is 22.1. The molecular formula is C26H25BrN4O3S. The summed E-state index contributed by atoms with van der Waals surface area (Å²) >= 11 is 4.78. The molecule has 0 saturated heterocycles. The molecule has 0 bridgehead atoms. The molecule has 180 valence electrons. The number of aromatic nitrogens is 3. The van der Waals surface area contributed by atoms with Gasteiger partial charge in [-0.1, -0.05) is 53.7 Å². The predicted octanol–water partition coefficient (Wildman–Crippen LogP) is 5.68. The van der Waals surface area contributed by atoms with Gasteiger partial charge in [0.2, 0.25) is 11.1 Å². The molecule has 1 aliphatic carbocycles. The molecule has 5 rings (SSSR count). The molecule has 0 saturated carbocycles. The minimum Gasteiger partial charge on any atom is -0.497 e. The molecule has 0 unspecified atom stereocenters. The van der Waals surface area contributed by atoms with Crippen LogP contribution in [0.5, 0.6) is 5.75 Å². The Hall–Kier alpha value is -2.91. The molecule has 2 heterocycles. The van der Waals surface area contributed by atoms with Gasteiger partial charge in [0.1, 0.15) is 11.8 Å². The van der Waals surface area contributed by atoms with Crippen molar-refractivity contribution in [1.82, 2.24) is 14.8 Å². The van der Waals surface area contributed by atoms with Gasteiger partial charge in [0, 0.05) is 27.7 Å². The molecule has 3 aromatic rings. The number of nitrogens with one attached hydrogen (secondary N) is 1. The lowest BCUT2D eigenvalue weighted by Crippen LogP contribution is -2.36. The van der Waals surface area contributed by atoms with Gasteiger partial charge >= 0.3 is 0 Å². The minimum absolute atomic E-state index is 0.0165. The number of benzene rings is 2. The Morgan fingerprint density at radius 3 is 2.57 bits per heavy atom. The van der Waals surface area contributed by atoms with Gasteiger partial charge < -0.3 is 10.1 Å². The van der Waals surface area contributed by atoms with Crippen LogP contribution in [0.4, 0.5) is 5.95 Å². The van der Waals surface area contributed by atoms with Crippen LogP contribution in [0.3, 0.4) is 0 Å². The second-order valence-electron chi connectivity index (χ2n) is 9.52. The van der Waals surface area contributed by atoms with Crippen molar-refractivity contribution in [2.24, 2.45) is 5.41 Å². The molecule has 9 heteroatoms. The van der Waals surface area contributed by atoms with Crippen molar-refractivity contribution in [3.05, 3.63) is 75.4 Å². The molecule has 0 spiro atoms. The molecule has 7 nitrogen and oxygen atoms in total. The fourth-order valence-electron chi connectivity index (χ4n) is 4.59. The van der Waals surface area contributed by atoms with E-state index in [9.17, 15) is 9.59 Å². The first-order chi connectivity index (χ1) is 16.7. The molecule has 2 aromatic carbocycles. The summed E-state index contributed by atoms with van der Waals surface area (Å²) in [5, 5.41) is 8.59. The number of nitrogens with zero attached hydrogens (tertiary/aromatic N) is 3. The lowest BCUT2D eigenvalue weighted by molar-refractivity contribution is -0.118. The second-order valence-corrected chi connectivity index (χ2v) is 11.4. The number of halogens is 1. The average molecular weight is 553 g/mol. The standard InChI is InChI=1S/C26H25BrN4O3S/c1-26(2)12-19-22(20(32)13-26)23(16-4-8-17(27)9-5-16)31-24(28-19)29-25(30-31)35-14-21(33)15-6-10-18(34-3)11-7-15/h4-11,23H,12-14H2,1-3H3,(H,28,29,30)/t23-/m0/s1. The van der Waals surface area contributed by atoms with E-state index in [1.165, 1.54) is 11.8 Å². The van der Waals surface area contributed by atoms with Gasteiger partial charge in [0.25, 0.3) is 0 Å². The summed E-state index contributed by atoms with van der Waals surface area (Å²) in [6, 6.07) is 14.6. The van der Waals surface area contributed by atoms with Gasteiger partial charge in [-0.15, -0.1) is 5.10 Å². The van der Waals surface area contributed by atoms with Gasteiger partial charge in [-0.3, -0.25) is 9.59 Å². The number of methoxy groups -OCH3 is 1. The SMILES string of the molecule is COc1ccc(C(=O)CSc2nc3n(n2)[C@@H](c2ccc(Br)cc2)C2=C(CC(C)(C)CC2=O)N3)cc1. The molecule has 1 aromatic heterocycles. The van der Waals surface area contributed by atoms with Crippen LogP contribution in [0, 0.1) is 5.41 Å². The maximum absolute atomic E-state index is 13.3. The number of ether oxygens (including phenoxy) is 1. The van der Waals surface area contributed by atoms with E-state index in [1.807, 2.05) is 24.3 Å². The summed E-state index contributed by atoms with van der Waals surface area (Å²) in [6.45, 7) is 4.22. The third kappa shape index (κ3) is 4.79. The maximum atomic E-state index is 13.3. The van der Waals surface area contributed by atoms with Crippen LogP contribution in [0.25, 0.3) is 0 Å². The first kappa shape index (κ1) is 23.8. The summed E-state index contributed by atoms with van der Waals surface area (Å²) in [5.74, 6) is 1.61. The van der Waals surface area contributed by atoms with Crippen LogP contribution in [0.2, 0.25) is 0 Å². The van der Waals surface area contributed by atoms with Gasteiger partial charge in [-0.2, -0.15) is 4.98 Å². The van der Waals surface area contributed by atoms with Crippen LogP contribution in [-0.2, 0) is 4.79 Å². The summed E-state index contributed by atoms with van der Waals surface area (Å²) in [6.07, 6.45) is 1.24. The first-order valence-corrected chi connectivity index (χ1v) is 13.1. The van der Waals surface area contributed by atoms with Crippen molar-refractivity contribution in [2.75, 3.05) is 18.2 Å². The van der Waals surface area contributed by atoms with Crippen LogP contribution in [-0.4, -0.2) is 39.2 Å². The molecule has 0 radical (unpaired) electrons. The molecule has 0 amide bonds. The Balaban J connectivity index is 1.44. The lowest BCUT2D eigenvalue weighted by Gasteiger charge is -2.38. The largest absolute Gasteiger partial charge is 0.497 e. The number of ketones is 2. The number of rotatable bonds is 6. The van der Waals surface area contributed by atoms with E-state index in [2.05, 4.69) is 40.1 Å². The molecule has 35 heavy (non-hydrogen) atoms. The van der Waals surface area contributed by atoms with Crippen molar-refractivity contribution in [3.8, 4) is 5.75 Å². The molecule has 1 aliphatic heterocycles. The van der Waals surface area contributed by atoms with E-state index in [-0.39, 0.29) is 28.8 Å². The van der Waals surface area contributed by atoms with E-state index in [0.29, 0.717) is 28.8 Å². The fourth-order valence-corrected chi connectivity index (χ4v) is 5.58. The number of thioether (sulfide) groups is 1. The predicted molar refractivity (Wildman–Crippen MR) is 139 cm³/mol. The van der Waals surface area contributed by atoms with E-state index < -0.39 is 0 Å². The highest BCUT2D eigenvalue weighted by molar-refractivity contribution is 9.10. The Morgan fingerprint density at radius 1 is 1.17 bits per heavy atom. The van der Waals surface area contributed by atoms with Gasteiger partial charge in [-0.05, 0) is 53.8 Å². The second kappa shape index (κ2) is 9.28. The molecule has 1 atom stereocenters. The summed E-state index contributed by atoms with van der Waals surface area (Å²) in [5.41, 5.74) is 3.10. The van der Waals surface area contributed by atoms with Crippen LogP contribution < -0.4 is 10.1 Å². The van der Waals surface area contributed by atoms with Crippen molar-refractivity contribution < 1.29 is 14.3 Å². The van der Waals surface area contributed by atoms with Crippen LogP contribution in [0.1, 0.15) is 48.7 Å². The molecule has 2 aliphatic rings. The highest BCUT2D eigenvalue weighted by Crippen LogP contribution is 2.45. The van der Waals surface area contributed by atoms with Crippen molar-refractivity contribution in [2.45, 2.75) is 37.9 Å². The van der Waals surface area contributed by atoms with Crippen LogP contribution in [0.15, 0.2) is 69.4 Å². The number of carbonyl (C=O) groups is 2. The van der Waals surface area contributed by atoms with Crippen molar-refractivity contribution in [3.63, 3.8) is 0 Å². The van der Waals surface area contributed by atoms with Crippen molar-refractivity contribution in [1.29, 1.82) is 0 Å². The number of carbonyl (C=O) groups excluding carboxylic acids is 2. The number of hydrogen-bond acceptors (Lipinski definition) is 7. The normalized spacial score (nSPS) is 18.5. The van der Waals surface area contributed by atoms with E-state index >= 15 is 0 Å². The Morgan fingerprint density at radius 2 is 1.89 bits per heavy atom. The quantitative estimate of drug-likeness (QED) is 0.311. The summed E-state index contributed by atoms with van der Waals surface area (Å²) in [7, 11) is 1.59. The topological polar surface area (TPSA) is 86.1 Å². The van der Waals surface area contributed by atoms with E-state index in [4.69, 9.17) is 9.84 Å². The third-order valence-electron chi connectivity index (χ3n) is 6.24. The average Bonchev–Trinajstić information content (AvgIpc) is 3.23. The minimum atomic E-state index is -0.364. The fraction of sp³-hybridized carbons (Fsp3) is 0.308. The first-order valence-electron chi connectivity index (χ1n) is 11.3. The Labute approximate surface area is 216 Å². The smallest absolute Gasteiger partial charge is 0.227 e. The summed E-state index contributed by atoms with van der Waals surface area (Å²) < 4.78 is 7.90. The van der Waals surface area contributed by atoms with Gasteiger partial charge in [0.15, 0.2) is 11.6 Å². The highest BCUT2D eigenvalue weighted by Gasteiger charge is 2.41. The number of Topliss-reactive ketones (excluding diaryl/α,β-unsaturated/α-hetero) is 2. The van der Waals surface area contributed by atoms with E-state index in [1.54, 1.807) is 36.1 Å². The monoisotopic (exact) mass is 552 g/mol. The molecule has 0 fully saturated rings. The van der Waals surface area contributed by atoms with E-state index in [0.717, 1.165) is 27.7 Å². The maximum Gasteiger partial charge on any atom is 0.227 e.